The number of morpholine rings is 1. The quantitative estimate of drug-likeness (QED) is 0.716. The van der Waals surface area contributed by atoms with Crippen LogP contribution in [0, 0.1) is 0 Å². The fourth-order valence-corrected chi connectivity index (χ4v) is 2.93. The smallest absolute Gasteiger partial charge is 0.319 e. The van der Waals surface area contributed by atoms with E-state index in [9.17, 15) is 4.79 Å². The van der Waals surface area contributed by atoms with E-state index in [4.69, 9.17) is 4.74 Å². The third-order valence-electron chi connectivity index (χ3n) is 3.98. The van der Waals surface area contributed by atoms with Crippen LogP contribution in [0.1, 0.15) is 34.6 Å². The van der Waals surface area contributed by atoms with E-state index >= 15 is 0 Å². The largest absolute Gasteiger partial charge is 0.372 e. The maximum absolute atomic E-state index is 11.9. The SMILES string of the molecule is CC1CN(c2ccc(NC(=O)NCCNC(C)(C)C)cc2)CC(C)O1. The van der Waals surface area contributed by atoms with E-state index in [1.54, 1.807) is 0 Å². The molecule has 1 aliphatic heterocycles. The van der Waals surface area contributed by atoms with Gasteiger partial charge < -0.3 is 25.6 Å². The first-order valence-electron chi connectivity index (χ1n) is 9.03. The zero-order valence-corrected chi connectivity index (χ0v) is 16.1. The summed E-state index contributed by atoms with van der Waals surface area (Å²) in [7, 11) is 0. The van der Waals surface area contributed by atoms with E-state index in [1.165, 1.54) is 0 Å². The lowest BCUT2D eigenvalue weighted by Crippen LogP contribution is -2.45. The molecule has 6 nitrogen and oxygen atoms in total. The number of ether oxygens (including phenoxy) is 1. The second kappa shape index (κ2) is 8.54. The van der Waals surface area contributed by atoms with Gasteiger partial charge in [0.1, 0.15) is 0 Å². The highest BCUT2D eigenvalue weighted by Gasteiger charge is 2.22. The summed E-state index contributed by atoms with van der Waals surface area (Å²) >= 11 is 0. The summed E-state index contributed by atoms with van der Waals surface area (Å²) in [6.07, 6.45) is 0.461. The van der Waals surface area contributed by atoms with Gasteiger partial charge in [-0.3, -0.25) is 0 Å². The topological polar surface area (TPSA) is 65.6 Å². The molecule has 0 saturated carbocycles. The molecule has 1 aromatic carbocycles. The van der Waals surface area contributed by atoms with Gasteiger partial charge in [-0.15, -0.1) is 0 Å². The number of hydrogen-bond donors (Lipinski definition) is 3. The molecule has 140 valence electrons. The Morgan fingerprint density at radius 3 is 2.28 bits per heavy atom. The number of anilines is 2. The van der Waals surface area contributed by atoms with Crippen molar-refractivity contribution >= 4 is 17.4 Å². The molecule has 6 heteroatoms. The number of carbonyl (C=O) groups excluding carboxylic acids is 1. The van der Waals surface area contributed by atoms with E-state index in [-0.39, 0.29) is 23.8 Å². The average molecular weight is 348 g/mol. The van der Waals surface area contributed by atoms with Gasteiger partial charge in [0.2, 0.25) is 0 Å². The molecule has 1 heterocycles. The first kappa shape index (κ1) is 19.5. The van der Waals surface area contributed by atoms with Gasteiger partial charge in [-0.25, -0.2) is 4.79 Å². The lowest BCUT2D eigenvalue weighted by atomic mass is 10.1. The highest BCUT2D eigenvalue weighted by molar-refractivity contribution is 5.89. The first-order chi connectivity index (χ1) is 11.7. The van der Waals surface area contributed by atoms with Crippen molar-refractivity contribution in [3.05, 3.63) is 24.3 Å². The van der Waals surface area contributed by atoms with Crippen molar-refractivity contribution in [3.8, 4) is 0 Å². The summed E-state index contributed by atoms with van der Waals surface area (Å²) in [4.78, 5) is 14.3. The Morgan fingerprint density at radius 1 is 1.12 bits per heavy atom. The van der Waals surface area contributed by atoms with Gasteiger partial charge >= 0.3 is 6.03 Å². The van der Waals surface area contributed by atoms with Crippen LogP contribution in [0.5, 0.6) is 0 Å². The average Bonchev–Trinajstić information content (AvgIpc) is 2.50. The second-order valence-electron chi connectivity index (χ2n) is 7.77. The van der Waals surface area contributed by atoms with Crippen LogP contribution in [0.15, 0.2) is 24.3 Å². The van der Waals surface area contributed by atoms with Crippen LogP contribution in [0.2, 0.25) is 0 Å². The number of hydrogen-bond acceptors (Lipinski definition) is 4. The van der Waals surface area contributed by atoms with Crippen LogP contribution in [0.4, 0.5) is 16.2 Å². The number of amides is 2. The molecule has 0 radical (unpaired) electrons. The number of urea groups is 1. The monoisotopic (exact) mass is 348 g/mol. The summed E-state index contributed by atoms with van der Waals surface area (Å²) in [5.74, 6) is 0. The lowest BCUT2D eigenvalue weighted by molar-refractivity contribution is -0.00521. The Bertz CT molecular complexity index is 544. The first-order valence-corrected chi connectivity index (χ1v) is 9.03. The van der Waals surface area contributed by atoms with Gasteiger partial charge in [-0.2, -0.15) is 0 Å². The standard InChI is InChI=1S/C19H32N4O2/c1-14-12-23(13-15(2)25-14)17-8-6-16(7-9-17)22-18(24)20-10-11-21-19(3,4)5/h6-9,14-15,21H,10-13H2,1-5H3,(H2,20,22,24). The Kier molecular flexibility index (Phi) is 6.67. The Hall–Kier alpha value is -1.79. The van der Waals surface area contributed by atoms with Gasteiger partial charge in [-0.05, 0) is 58.9 Å². The minimum Gasteiger partial charge on any atom is -0.372 e. The normalized spacial score (nSPS) is 21.1. The van der Waals surface area contributed by atoms with Crippen molar-refractivity contribution in [2.24, 2.45) is 0 Å². The predicted octanol–water partition coefficient (Wildman–Crippen LogP) is 2.81. The lowest BCUT2D eigenvalue weighted by Gasteiger charge is -2.36. The van der Waals surface area contributed by atoms with Crippen molar-refractivity contribution in [2.75, 3.05) is 36.4 Å². The van der Waals surface area contributed by atoms with E-state index in [2.05, 4.69) is 55.5 Å². The summed E-state index contributed by atoms with van der Waals surface area (Å²) in [6, 6.07) is 7.78. The zero-order chi connectivity index (χ0) is 18.4. The molecular formula is C19H32N4O2. The molecule has 1 saturated heterocycles. The molecule has 25 heavy (non-hydrogen) atoms. The van der Waals surface area contributed by atoms with Crippen LogP contribution in [0.3, 0.4) is 0 Å². The number of carbonyl (C=O) groups is 1. The molecule has 0 spiro atoms. The third kappa shape index (κ3) is 6.92. The molecule has 1 aliphatic rings. The second-order valence-corrected chi connectivity index (χ2v) is 7.77. The maximum atomic E-state index is 11.9. The predicted molar refractivity (Wildman–Crippen MR) is 103 cm³/mol. The molecule has 2 rings (SSSR count). The Morgan fingerprint density at radius 2 is 1.72 bits per heavy atom. The van der Waals surface area contributed by atoms with E-state index in [0.29, 0.717) is 6.54 Å². The molecule has 2 atom stereocenters. The number of nitrogens with zero attached hydrogens (tertiary/aromatic N) is 1. The minimum absolute atomic E-state index is 0.0580. The third-order valence-corrected chi connectivity index (χ3v) is 3.98. The summed E-state index contributed by atoms with van der Waals surface area (Å²) in [5.41, 5.74) is 2.00. The number of nitrogens with one attached hydrogen (secondary N) is 3. The maximum Gasteiger partial charge on any atom is 0.319 e. The van der Waals surface area contributed by atoms with Gasteiger partial charge in [-0.1, -0.05) is 0 Å². The highest BCUT2D eigenvalue weighted by atomic mass is 16.5. The zero-order valence-electron chi connectivity index (χ0n) is 16.1. The molecular weight excluding hydrogens is 316 g/mol. The molecule has 0 aliphatic carbocycles. The van der Waals surface area contributed by atoms with Gasteiger partial charge in [0.05, 0.1) is 12.2 Å². The summed E-state index contributed by atoms with van der Waals surface area (Å²) < 4.78 is 5.77. The fraction of sp³-hybridized carbons (Fsp3) is 0.632. The molecule has 0 bridgehead atoms. The highest BCUT2D eigenvalue weighted by Crippen LogP contribution is 2.22. The van der Waals surface area contributed by atoms with Crippen molar-refractivity contribution in [1.29, 1.82) is 0 Å². The van der Waals surface area contributed by atoms with E-state index in [0.717, 1.165) is 31.0 Å². The van der Waals surface area contributed by atoms with Gasteiger partial charge in [0.15, 0.2) is 0 Å². The Labute approximate surface area is 151 Å². The molecule has 2 amide bonds. The molecule has 1 fully saturated rings. The number of benzene rings is 1. The van der Waals surface area contributed by atoms with Gasteiger partial charge in [0.25, 0.3) is 0 Å². The van der Waals surface area contributed by atoms with Crippen LogP contribution >= 0.6 is 0 Å². The summed E-state index contributed by atoms with van der Waals surface area (Å²) in [6.45, 7) is 13.6. The molecule has 3 N–H and O–H groups in total. The van der Waals surface area contributed by atoms with Gasteiger partial charge in [0, 0.05) is 43.1 Å². The summed E-state index contributed by atoms with van der Waals surface area (Å²) in [5, 5.41) is 9.05. The number of rotatable bonds is 5. The Balaban J connectivity index is 1.79. The molecule has 0 aromatic heterocycles. The van der Waals surface area contributed by atoms with E-state index in [1.807, 2.05) is 24.3 Å². The van der Waals surface area contributed by atoms with Crippen molar-refractivity contribution < 1.29 is 9.53 Å². The van der Waals surface area contributed by atoms with E-state index < -0.39 is 0 Å². The van der Waals surface area contributed by atoms with Crippen LogP contribution in [-0.4, -0.2) is 50.0 Å². The van der Waals surface area contributed by atoms with Crippen LogP contribution in [0.25, 0.3) is 0 Å². The fourth-order valence-electron chi connectivity index (χ4n) is 2.93. The molecule has 2 unspecified atom stereocenters. The molecule has 1 aromatic rings. The van der Waals surface area contributed by atoms with Crippen LogP contribution in [-0.2, 0) is 4.74 Å². The minimum atomic E-state index is -0.183. The van der Waals surface area contributed by atoms with Crippen molar-refractivity contribution in [1.82, 2.24) is 10.6 Å². The van der Waals surface area contributed by atoms with Crippen molar-refractivity contribution in [2.45, 2.75) is 52.4 Å². The van der Waals surface area contributed by atoms with Crippen molar-refractivity contribution in [3.63, 3.8) is 0 Å². The van der Waals surface area contributed by atoms with Crippen LogP contribution < -0.4 is 20.9 Å².